The number of primary amides is 1. The van der Waals surface area contributed by atoms with Gasteiger partial charge in [0.05, 0.1) is 11.3 Å². The highest BCUT2D eigenvalue weighted by Crippen LogP contribution is 2.24. The fourth-order valence-electron chi connectivity index (χ4n) is 4.12. The molecule has 0 saturated carbocycles. The summed E-state index contributed by atoms with van der Waals surface area (Å²) >= 11 is 1.43. The van der Waals surface area contributed by atoms with Gasteiger partial charge in [-0.05, 0) is 36.0 Å². The highest BCUT2D eigenvalue weighted by atomic mass is 32.1. The van der Waals surface area contributed by atoms with E-state index in [1.54, 1.807) is 15.3 Å². The third-order valence-corrected chi connectivity index (χ3v) is 6.72. The molecule has 1 amide bonds. The van der Waals surface area contributed by atoms with E-state index < -0.39 is 5.91 Å². The largest absolute Gasteiger partial charge is 0.381 e. The molecule has 0 aliphatic carbocycles. The molecule has 1 aromatic carbocycles. The minimum atomic E-state index is -0.568. The van der Waals surface area contributed by atoms with E-state index in [9.17, 15) is 9.59 Å². The summed E-state index contributed by atoms with van der Waals surface area (Å²) in [5.74, 6) is 6.22. The highest BCUT2D eigenvalue weighted by molar-refractivity contribution is 7.15. The first-order valence-corrected chi connectivity index (χ1v) is 12.9. The van der Waals surface area contributed by atoms with Gasteiger partial charge in [-0.3, -0.25) is 14.3 Å². The van der Waals surface area contributed by atoms with Crippen LogP contribution in [-0.2, 0) is 13.5 Å². The summed E-state index contributed by atoms with van der Waals surface area (Å²) in [6, 6.07) is 11.5. The Kier molecular flexibility index (Phi) is 6.98. The number of nitrogens with two attached hydrogens (primary N) is 2. The first kappa shape index (κ1) is 25.5. The first-order chi connectivity index (χ1) is 18.9. The number of carbonyl (C=O) groups is 1. The Morgan fingerprint density at radius 1 is 1.18 bits per heavy atom. The molecule has 0 saturated heterocycles. The second-order valence-corrected chi connectivity index (χ2v) is 9.34. The number of hydrogen-bond acceptors (Lipinski definition) is 8. The average molecular weight is 540 g/mol. The van der Waals surface area contributed by atoms with Crippen molar-refractivity contribution in [3.05, 3.63) is 87.1 Å². The van der Waals surface area contributed by atoms with Gasteiger partial charge < -0.3 is 16.8 Å². The Bertz CT molecular complexity index is 1830. The number of nitrogens with one attached hydrogen (secondary N) is 1. The Morgan fingerprint density at radius 2 is 1.97 bits per heavy atom. The standard InChI is InChI=1S/C20H16N4OS.C7H9N5O/c1-3-17-18(14-7-5-4-6-8-14)19(25)24-16(13-26-20(24)21-17)10-9-15-11-12-23(2)22-15;8-5-4(6(9)13)7-10-2-1-3-12(7)11-5/h4-8,11-13H,3H2,1-2H3;1,3,10H,2H2,(H2,8,11)(H2,9,13). The number of aromatic nitrogens is 6. The van der Waals surface area contributed by atoms with E-state index in [0.717, 1.165) is 11.3 Å². The third-order valence-electron chi connectivity index (χ3n) is 5.89. The second-order valence-electron chi connectivity index (χ2n) is 8.51. The molecule has 4 aromatic heterocycles. The summed E-state index contributed by atoms with van der Waals surface area (Å²) in [4.78, 5) is 29.6. The number of benzene rings is 1. The summed E-state index contributed by atoms with van der Waals surface area (Å²) in [6.07, 6.45) is 6.13. The molecule has 0 bridgehead atoms. The third kappa shape index (κ3) is 5.03. The van der Waals surface area contributed by atoms with Gasteiger partial charge in [0.25, 0.3) is 11.5 Å². The van der Waals surface area contributed by atoms with Gasteiger partial charge in [-0.1, -0.05) is 37.3 Å². The summed E-state index contributed by atoms with van der Waals surface area (Å²) in [6.45, 7) is 2.66. The number of fused-ring (bicyclic) bond motifs is 2. The van der Waals surface area contributed by atoms with Gasteiger partial charge in [-0.15, -0.1) is 16.4 Å². The maximum Gasteiger partial charge on any atom is 0.267 e. The van der Waals surface area contributed by atoms with Gasteiger partial charge >= 0.3 is 0 Å². The predicted octanol–water partition coefficient (Wildman–Crippen LogP) is 2.58. The van der Waals surface area contributed by atoms with E-state index in [1.807, 2.05) is 68.0 Å². The van der Waals surface area contributed by atoms with Gasteiger partial charge in [0.15, 0.2) is 10.8 Å². The van der Waals surface area contributed by atoms with Crippen molar-refractivity contribution >= 4 is 40.0 Å². The predicted molar refractivity (Wildman–Crippen MR) is 152 cm³/mol. The molecule has 5 aromatic rings. The van der Waals surface area contributed by atoms with Crippen LogP contribution in [0.5, 0.6) is 0 Å². The molecule has 12 heteroatoms. The molecule has 0 atom stereocenters. The number of thiazole rings is 1. The zero-order valence-electron chi connectivity index (χ0n) is 21.3. The molecule has 0 fully saturated rings. The van der Waals surface area contributed by atoms with Crippen LogP contribution in [0.15, 0.2) is 58.8 Å². The number of aryl methyl sites for hydroxylation is 2. The van der Waals surface area contributed by atoms with Crippen LogP contribution in [0.4, 0.5) is 11.6 Å². The fourth-order valence-corrected chi connectivity index (χ4v) is 4.95. The number of rotatable bonds is 3. The number of hydrogen-bond donors (Lipinski definition) is 3. The minimum Gasteiger partial charge on any atom is -0.381 e. The van der Waals surface area contributed by atoms with Crippen LogP contribution >= 0.6 is 11.3 Å². The van der Waals surface area contributed by atoms with E-state index in [1.165, 1.54) is 16.0 Å². The van der Waals surface area contributed by atoms with Crippen LogP contribution < -0.4 is 22.3 Å². The van der Waals surface area contributed by atoms with Crippen LogP contribution in [0.25, 0.3) is 22.3 Å². The Balaban J connectivity index is 0.000000198. The van der Waals surface area contributed by atoms with Crippen molar-refractivity contribution in [2.24, 2.45) is 12.8 Å². The lowest BCUT2D eigenvalue weighted by molar-refractivity contribution is 0.100. The lowest BCUT2D eigenvalue weighted by Crippen LogP contribution is -2.19. The second kappa shape index (κ2) is 10.7. The summed E-state index contributed by atoms with van der Waals surface area (Å²) in [5.41, 5.74) is 14.5. The number of anilines is 2. The number of nitrogens with zero attached hydrogens (tertiary/aromatic N) is 6. The van der Waals surface area contributed by atoms with Crippen LogP contribution in [0.2, 0.25) is 0 Å². The summed E-state index contributed by atoms with van der Waals surface area (Å²) in [5, 5.41) is 13.0. The molecule has 196 valence electrons. The van der Waals surface area contributed by atoms with Gasteiger partial charge in [0.1, 0.15) is 22.8 Å². The Hall–Kier alpha value is -5.15. The SMILES string of the molecule is CCc1nc2scc(C#Cc3ccn(C)n3)n2c(=O)c1-c1ccccc1.NC(=O)c1c(N)nn2c1NCC=C2. The Labute approximate surface area is 227 Å². The molecule has 0 unspecified atom stereocenters. The lowest BCUT2D eigenvalue weighted by atomic mass is 10.0. The molecule has 5 heterocycles. The van der Waals surface area contributed by atoms with Crippen LogP contribution in [0.3, 0.4) is 0 Å². The van der Waals surface area contributed by atoms with E-state index in [2.05, 4.69) is 27.4 Å². The molecule has 0 spiro atoms. The van der Waals surface area contributed by atoms with E-state index >= 15 is 0 Å². The monoisotopic (exact) mass is 539 g/mol. The number of amides is 1. The summed E-state index contributed by atoms with van der Waals surface area (Å²) in [7, 11) is 1.85. The topological polar surface area (TPSA) is 151 Å². The first-order valence-electron chi connectivity index (χ1n) is 12.1. The van der Waals surface area contributed by atoms with Crippen molar-refractivity contribution in [2.75, 3.05) is 17.6 Å². The molecule has 1 aliphatic rings. The maximum absolute atomic E-state index is 13.2. The van der Waals surface area contributed by atoms with Gasteiger partial charge in [0, 0.05) is 31.4 Å². The molecular weight excluding hydrogens is 514 g/mol. The van der Waals surface area contributed by atoms with Crippen molar-refractivity contribution < 1.29 is 4.79 Å². The van der Waals surface area contributed by atoms with Gasteiger partial charge in [-0.25, -0.2) is 14.1 Å². The van der Waals surface area contributed by atoms with E-state index in [0.29, 0.717) is 40.7 Å². The quantitative estimate of drug-likeness (QED) is 0.298. The van der Waals surface area contributed by atoms with Crippen LogP contribution in [-0.4, -0.2) is 41.4 Å². The minimum absolute atomic E-state index is 0.0791. The van der Waals surface area contributed by atoms with E-state index in [-0.39, 0.29) is 16.9 Å². The van der Waals surface area contributed by atoms with Gasteiger partial charge in [-0.2, -0.15) is 5.10 Å². The molecule has 1 aliphatic heterocycles. The molecule has 6 rings (SSSR count). The van der Waals surface area contributed by atoms with Crippen molar-refractivity contribution in [2.45, 2.75) is 13.3 Å². The fraction of sp³-hybridized carbons (Fsp3) is 0.148. The molecule has 0 radical (unpaired) electrons. The average Bonchev–Trinajstić information content (AvgIpc) is 3.63. The summed E-state index contributed by atoms with van der Waals surface area (Å²) < 4.78 is 4.80. The lowest BCUT2D eigenvalue weighted by Gasteiger charge is -2.09. The maximum atomic E-state index is 13.2. The number of carbonyl (C=O) groups excluding carboxylic acids is 1. The molecule has 11 nitrogen and oxygen atoms in total. The zero-order valence-corrected chi connectivity index (χ0v) is 22.1. The molecule has 39 heavy (non-hydrogen) atoms. The van der Waals surface area contributed by atoms with Crippen LogP contribution in [0, 0.1) is 11.8 Å². The zero-order chi connectivity index (χ0) is 27.5. The van der Waals surface area contributed by atoms with Crippen molar-refractivity contribution in [1.82, 2.24) is 28.9 Å². The van der Waals surface area contributed by atoms with Crippen molar-refractivity contribution in [3.8, 4) is 23.0 Å². The molecular formula is C27H25N9O2S. The highest BCUT2D eigenvalue weighted by Gasteiger charge is 2.20. The number of nitrogen functional groups attached to an aromatic ring is 1. The molecule has 5 N–H and O–H groups in total. The van der Waals surface area contributed by atoms with E-state index in [4.69, 9.17) is 16.5 Å². The van der Waals surface area contributed by atoms with Crippen molar-refractivity contribution in [3.63, 3.8) is 0 Å². The Morgan fingerprint density at radius 3 is 2.67 bits per heavy atom. The van der Waals surface area contributed by atoms with Gasteiger partial charge in [0.2, 0.25) is 0 Å². The van der Waals surface area contributed by atoms with Crippen LogP contribution in [0.1, 0.15) is 34.4 Å². The smallest absolute Gasteiger partial charge is 0.267 e. The van der Waals surface area contributed by atoms with Crippen molar-refractivity contribution in [1.29, 1.82) is 0 Å². The normalized spacial score (nSPS) is 11.6.